The Hall–Kier alpha value is -3.55. The van der Waals surface area contributed by atoms with E-state index in [2.05, 4.69) is 37.5 Å². The first-order chi connectivity index (χ1) is 14.2. The number of hydrogen-bond acceptors (Lipinski definition) is 5. The second-order valence-corrected chi connectivity index (χ2v) is 7.42. The topological polar surface area (TPSA) is 92.1 Å². The molecule has 146 valence electrons. The molecule has 0 radical (unpaired) electrons. The molecule has 1 saturated heterocycles. The van der Waals surface area contributed by atoms with Crippen LogP contribution in [0, 0.1) is 6.92 Å². The van der Waals surface area contributed by atoms with E-state index < -0.39 is 0 Å². The summed E-state index contributed by atoms with van der Waals surface area (Å²) in [5.74, 6) is 0.835. The number of benzene rings is 1. The third-order valence-electron chi connectivity index (χ3n) is 5.48. The Morgan fingerprint density at radius 1 is 1.17 bits per heavy atom. The van der Waals surface area contributed by atoms with Crippen LogP contribution in [0.1, 0.15) is 40.8 Å². The van der Waals surface area contributed by atoms with Gasteiger partial charge in [0.2, 0.25) is 5.82 Å². The molecule has 3 aromatic heterocycles. The fraction of sp³-hybridized carbons (Fsp3) is 0.286. The Morgan fingerprint density at radius 3 is 2.90 bits per heavy atom. The molecule has 0 unspecified atom stereocenters. The Balaban J connectivity index is 1.41. The average Bonchev–Trinajstić information content (AvgIpc) is 3.41. The first kappa shape index (κ1) is 17.5. The van der Waals surface area contributed by atoms with Crippen LogP contribution in [0.2, 0.25) is 0 Å². The molecule has 0 aliphatic carbocycles. The first-order valence-electron chi connectivity index (χ1n) is 9.77. The summed E-state index contributed by atoms with van der Waals surface area (Å²) in [6.45, 7) is 3.22. The van der Waals surface area contributed by atoms with Crippen LogP contribution in [-0.2, 0) is 0 Å². The molecule has 29 heavy (non-hydrogen) atoms. The van der Waals surface area contributed by atoms with Crippen molar-refractivity contribution >= 4 is 11.7 Å². The number of fused-ring (bicyclic) bond motifs is 1. The molecule has 1 fully saturated rings. The largest absolute Gasteiger partial charge is 0.335 e. The van der Waals surface area contributed by atoms with E-state index in [1.165, 1.54) is 0 Å². The number of rotatable bonds is 3. The lowest BCUT2D eigenvalue weighted by molar-refractivity contribution is 0.0692. The number of H-pyrrole nitrogens is 1. The van der Waals surface area contributed by atoms with Gasteiger partial charge in [0.25, 0.3) is 11.7 Å². The smallest absolute Gasteiger partial charge is 0.292 e. The van der Waals surface area contributed by atoms with Gasteiger partial charge >= 0.3 is 0 Å². The number of aromatic nitrogens is 6. The molecule has 4 aromatic rings. The van der Waals surface area contributed by atoms with Gasteiger partial charge in [-0.15, -0.1) is 10.2 Å². The van der Waals surface area contributed by atoms with Gasteiger partial charge in [-0.1, -0.05) is 30.3 Å². The van der Waals surface area contributed by atoms with E-state index in [-0.39, 0.29) is 11.8 Å². The van der Waals surface area contributed by atoms with Crippen LogP contribution >= 0.6 is 0 Å². The number of hydrogen-bond donors (Lipinski definition) is 1. The Bertz CT molecular complexity index is 1160. The second-order valence-electron chi connectivity index (χ2n) is 7.42. The van der Waals surface area contributed by atoms with Gasteiger partial charge in [0.15, 0.2) is 0 Å². The van der Waals surface area contributed by atoms with E-state index in [0.29, 0.717) is 24.7 Å². The maximum Gasteiger partial charge on any atom is 0.292 e. The fourth-order valence-corrected chi connectivity index (χ4v) is 4.01. The monoisotopic (exact) mass is 387 g/mol. The van der Waals surface area contributed by atoms with Crippen molar-refractivity contribution in [3.8, 4) is 11.1 Å². The van der Waals surface area contributed by atoms with E-state index in [1.54, 1.807) is 10.6 Å². The molecule has 1 N–H and O–H groups in total. The highest BCUT2D eigenvalue weighted by atomic mass is 16.2. The SMILES string of the molecule is Cc1ccn2c(C(=O)N3CCC[C@@H](c4[nH]ncc4-c4ccccc4)C3)nnc2n1. The van der Waals surface area contributed by atoms with E-state index in [9.17, 15) is 4.79 Å². The lowest BCUT2D eigenvalue weighted by atomic mass is 9.90. The van der Waals surface area contributed by atoms with Crippen molar-refractivity contribution in [2.45, 2.75) is 25.7 Å². The van der Waals surface area contributed by atoms with Crippen LogP contribution in [0.3, 0.4) is 0 Å². The van der Waals surface area contributed by atoms with Crippen LogP contribution in [-0.4, -0.2) is 53.7 Å². The minimum absolute atomic E-state index is 0.117. The second kappa shape index (κ2) is 7.12. The van der Waals surface area contributed by atoms with Crippen molar-refractivity contribution in [2.24, 2.45) is 0 Å². The summed E-state index contributed by atoms with van der Waals surface area (Å²) in [7, 11) is 0. The highest BCUT2D eigenvalue weighted by Crippen LogP contribution is 2.33. The molecule has 8 nitrogen and oxygen atoms in total. The number of nitrogens with one attached hydrogen (secondary N) is 1. The van der Waals surface area contributed by atoms with Crippen molar-refractivity contribution in [3.05, 3.63) is 66.0 Å². The summed E-state index contributed by atoms with van der Waals surface area (Å²) in [5.41, 5.74) is 4.15. The molecule has 1 aliphatic heterocycles. The van der Waals surface area contributed by atoms with Crippen LogP contribution in [0.5, 0.6) is 0 Å². The number of nitrogens with zero attached hydrogens (tertiary/aromatic N) is 6. The van der Waals surface area contributed by atoms with Crippen molar-refractivity contribution in [3.63, 3.8) is 0 Å². The van der Waals surface area contributed by atoms with Crippen LogP contribution in [0.15, 0.2) is 48.8 Å². The number of piperidine rings is 1. The molecule has 8 heteroatoms. The third-order valence-corrected chi connectivity index (χ3v) is 5.48. The highest BCUT2D eigenvalue weighted by Gasteiger charge is 2.30. The summed E-state index contributed by atoms with van der Waals surface area (Å²) in [6, 6.07) is 12.1. The zero-order chi connectivity index (χ0) is 19.8. The lowest BCUT2D eigenvalue weighted by Crippen LogP contribution is -2.40. The minimum atomic E-state index is -0.117. The molecular formula is C21H21N7O. The summed E-state index contributed by atoms with van der Waals surface area (Å²) in [5, 5.41) is 15.6. The number of likely N-dealkylation sites (tertiary alicyclic amines) is 1. The molecule has 0 spiro atoms. The number of carbonyl (C=O) groups is 1. The number of aromatic amines is 1. The third kappa shape index (κ3) is 3.16. The molecule has 4 heterocycles. The maximum absolute atomic E-state index is 13.2. The Morgan fingerprint density at radius 2 is 2.03 bits per heavy atom. The standard InChI is InChI=1S/C21H21N7O/c1-14-9-11-28-19(25-26-21(28)23-14)20(29)27-10-5-8-16(13-27)18-17(12-22-24-18)15-6-3-2-4-7-15/h2-4,6-7,9,11-12,16H,5,8,10,13H2,1H3,(H,22,24)/t16-/m1/s1. The average molecular weight is 387 g/mol. The van der Waals surface area contributed by atoms with E-state index in [4.69, 9.17) is 0 Å². The molecule has 1 aromatic carbocycles. The van der Waals surface area contributed by atoms with Crippen LogP contribution in [0.25, 0.3) is 16.9 Å². The zero-order valence-electron chi connectivity index (χ0n) is 16.1. The van der Waals surface area contributed by atoms with Crippen molar-refractivity contribution in [1.82, 2.24) is 34.7 Å². The number of carbonyl (C=O) groups excluding carboxylic acids is 1. The Kier molecular flexibility index (Phi) is 4.31. The molecule has 0 bridgehead atoms. The van der Waals surface area contributed by atoms with Gasteiger partial charge < -0.3 is 4.90 Å². The quantitative estimate of drug-likeness (QED) is 0.584. The highest BCUT2D eigenvalue weighted by molar-refractivity contribution is 5.91. The maximum atomic E-state index is 13.2. The summed E-state index contributed by atoms with van der Waals surface area (Å²) in [6.07, 6.45) is 5.60. The number of aryl methyl sites for hydroxylation is 1. The van der Waals surface area contributed by atoms with Gasteiger partial charge in [-0.3, -0.25) is 14.3 Å². The van der Waals surface area contributed by atoms with Crippen molar-refractivity contribution in [2.75, 3.05) is 13.1 Å². The number of amides is 1. The van der Waals surface area contributed by atoms with E-state index in [0.717, 1.165) is 35.4 Å². The molecule has 1 aliphatic rings. The van der Waals surface area contributed by atoms with Crippen molar-refractivity contribution < 1.29 is 4.79 Å². The Labute approximate surface area is 167 Å². The van der Waals surface area contributed by atoms with E-state index >= 15 is 0 Å². The van der Waals surface area contributed by atoms with Gasteiger partial charge in [0.05, 0.1) is 6.20 Å². The summed E-state index contributed by atoms with van der Waals surface area (Å²) < 4.78 is 1.66. The zero-order valence-corrected chi connectivity index (χ0v) is 16.1. The lowest BCUT2D eigenvalue weighted by Gasteiger charge is -2.32. The summed E-state index contributed by atoms with van der Waals surface area (Å²) in [4.78, 5) is 19.4. The van der Waals surface area contributed by atoms with Gasteiger partial charge in [-0.05, 0) is 31.4 Å². The van der Waals surface area contributed by atoms with E-state index in [1.807, 2.05) is 42.3 Å². The first-order valence-corrected chi connectivity index (χ1v) is 9.77. The fourth-order valence-electron chi connectivity index (χ4n) is 4.01. The van der Waals surface area contributed by atoms with Gasteiger partial charge in [0.1, 0.15) is 0 Å². The molecule has 1 atom stereocenters. The minimum Gasteiger partial charge on any atom is -0.335 e. The molecular weight excluding hydrogens is 366 g/mol. The van der Waals surface area contributed by atoms with Gasteiger partial charge in [-0.2, -0.15) is 5.10 Å². The predicted molar refractivity (Wildman–Crippen MR) is 107 cm³/mol. The van der Waals surface area contributed by atoms with Crippen molar-refractivity contribution in [1.29, 1.82) is 0 Å². The normalized spacial score (nSPS) is 17.0. The molecule has 0 saturated carbocycles. The van der Waals surface area contributed by atoms with Crippen LogP contribution < -0.4 is 0 Å². The summed E-state index contributed by atoms with van der Waals surface area (Å²) >= 11 is 0. The molecule has 5 rings (SSSR count). The van der Waals surface area contributed by atoms with Gasteiger partial charge in [-0.25, -0.2) is 4.98 Å². The predicted octanol–water partition coefficient (Wildman–Crippen LogP) is 2.84. The molecule has 1 amide bonds. The van der Waals surface area contributed by atoms with Gasteiger partial charge in [0, 0.05) is 42.2 Å². The van der Waals surface area contributed by atoms with Crippen LogP contribution in [0.4, 0.5) is 0 Å².